The quantitative estimate of drug-likeness (QED) is 0.192. The van der Waals surface area contributed by atoms with Crippen molar-refractivity contribution in [1.29, 1.82) is 0 Å². The van der Waals surface area contributed by atoms with E-state index in [1.807, 2.05) is 54.6 Å². The van der Waals surface area contributed by atoms with Crippen LogP contribution in [0.2, 0.25) is 5.02 Å². The summed E-state index contributed by atoms with van der Waals surface area (Å²) in [7, 11) is -4.73. The molecule has 0 radical (unpaired) electrons. The maximum atomic E-state index is 12.0. The molecule has 5 aromatic rings. The Morgan fingerprint density at radius 2 is 1.27 bits per heavy atom. The van der Waals surface area contributed by atoms with Crippen LogP contribution < -0.4 is 29.6 Å². The molecule has 0 fully saturated rings. The van der Waals surface area contributed by atoms with Gasteiger partial charge in [0.15, 0.2) is 0 Å². The summed E-state index contributed by atoms with van der Waals surface area (Å²) in [4.78, 5) is -0.337. The van der Waals surface area contributed by atoms with Crippen molar-refractivity contribution >= 4 is 64.8 Å². The van der Waals surface area contributed by atoms with Crippen LogP contribution in [0.3, 0.4) is 0 Å². The molecule has 5 rings (SSSR count). The number of halogens is 1. The summed E-state index contributed by atoms with van der Waals surface area (Å²) >= 11 is 6.23. The zero-order valence-electron chi connectivity index (χ0n) is 13.8. The van der Waals surface area contributed by atoms with Gasteiger partial charge in [-0.3, -0.25) is 0 Å². The molecule has 0 bridgehead atoms. The summed E-state index contributed by atoms with van der Waals surface area (Å²) in [5, 5.41) is 6.56. The summed E-state index contributed by atoms with van der Waals surface area (Å²) in [6.45, 7) is 0. The van der Waals surface area contributed by atoms with Crippen molar-refractivity contribution in [3.8, 4) is 0 Å². The normalized spacial score (nSPS) is 12.2. The van der Waals surface area contributed by atoms with E-state index in [1.54, 1.807) is 6.07 Å². The van der Waals surface area contributed by atoms with E-state index in [0.29, 0.717) is 5.39 Å². The van der Waals surface area contributed by atoms with Crippen molar-refractivity contribution in [2.24, 2.45) is 0 Å². The molecule has 5 aromatic carbocycles. The fourth-order valence-corrected chi connectivity index (χ4v) is 5.16. The predicted molar refractivity (Wildman–Crippen MR) is 101 cm³/mol. The van der Waals surface area contributed by atoms with Gasteiger partial charge in [0.2, 0.25) is 0 Å². The van der Waals surface area contributed by atoms with E-state index in [1.165, 1.54) is 0 Å². The maximum absolute atomic E-state index is 12.0. The first-order valence-electron chi connectivity index (χ1n) is 7.70. The molecule has 0 heterocycles. The molecule has 0 aliphatic heterocycles. The van der Waals surface area contributed by atoms with Gasteiger partial charge in [-0.25, -0.2) is 8.42 Å². The Balaban J connectivity index is 0.00000168. The van der Waals surface area contributed by atoms with Gasteiger partial charge in [-0.05, 0) is 43.8 Å². The summed E-state index contributed by atoms with van der Waals surface area (Å²) in [6, 6.07) is 19.0. The van der Waals surface area contributed by atoms with Gasteiger partial charge in [0.05, 0.1) is 9.92 Å². The van der Waals surface area contributed by atoms with Crippen LogP contribution in [-0.2, 0) is 10.1 Å². The first-order chi connectivity index (χ1) is 12.0. The fourth-order valence-electron chi connectivity index (χ4n) is 3.90. The largest absolute Gasteiger partial charge is 1.00 e. The van der Waals surface area contributed by atoms with E-state index in [9.17, 15) is 13.0 Å². The minimum Gasteiger partial charge on any atom is -0.744 e. The first-order valence-corrected chi connectivity index (χ1v) is 9.49. The molecule has 26 heavy (non-hydrogen) atoms. The second kappa shape index (κ2) is 6.06. The average molecular weight is 389 g/mol. The van der Waals surface area contributed by atoms with Gasteiger partial charge in [0, 0.05) is 5.39 Å². The van der Waals surface area contributed by atoms with E-state index >= 15 is 0 Å². The van der Waals surface area contributed by atoms with Crippen molar-refractivity contribution in [1.82, 2.24) is 0 Å². The summed E-state index contributed by atoms with van der Waals surface area (Å²) in [5.74, 6) is 0. The average Bonchev–Trinajstić information content (AvgIpc) is 2.57. The van der Waals surface area contributed by atoms with Gasteiger partial charge < -0.3 is 4.55 Å². The second-order valence-electron chi connectivity index (χ2n) is 6.13. The van der Waals surface area contributed by atoms with Crippen molar-refractivity contribution < 1.29 is 42.5 Å². The Morgan fingerprint density at radius 1 is 0.731 bits per heavy atom. The smallest absolute Gasteiger partial charge is 0.744 e. The molecule has 122 valence electrons. The van der Waals surface area contributed by atoms with Crippen molar-refractivity contribution in [3.63, 3.8) is 0 Å². The molecule has 0 N–H and O–H groups in total. The van der Waals surface area contributed by atoms with Gasteiger partial charge in [0.25, 0.3) is 0 Å². The van der Waals surface area contributed by atoms with Crippen molar-refractivity contribution in [2.75, 3.05) is 0 Å². The maximum Gasteiger partial charge on any atom is 1.00 e. The van der Waals surface area contributed by atoms with Crippen LogP contribution >= 0.6 is 11.6 Å². The summed E-state index contributed by atoms with van der Waals surface area (Å²) in [6.07, 6.45) is 0. The molecule has 0 aromatic heterocycles. The Hall–Kier alpha value is -1.40. The van der Waals surface area contributed by atoms with Gasteiger partial charge in [0.1, 0.15) is 10.1 Å². The van der Waals surface area contributed by atoms with Crippen LogP contribution in [0.25, 0.3) is 43.1 Å². The van der Waals surface area contributed by atoms with Crippen LogP contribution in [0.5, 0.6) is 0 Å². The summed E-state index contributed by atoms with van der Waals surface area (Å²) in [5.41, 5.74) is 0. The van der Waals surface area contributed by atoms with Crippen molar-refractivity contribution in [2.45, 2.75) is 4.90 Å². The second-order valence-corrected chi connectivity index (χ2v) is 7.85. The molecule has 6 heteroatoms. The molecule has 0 atom stereocenters. The third-order valence-electron chi connectivity index (χ3n) is 4.79. The SMILES string of the molecule is O=S(=O)([O-])c1c(Cl)cc2cccc3c4cccc5cccc(c1c23)c54.[Na+]. The van der Waals surface area contributed by atoms with E-state index in [4.69, 9.17) is 11.6 Å². The molecule has 0 unspecified atom stereocenters. The standard InChI is InChI=1S/C20H11ClO3S.Na/c21-16-10-12-6-3-8-14-13-7-1-4-11-5-2-9-15(17(11)13)19(18(12)14)20(16)25(22,23)24;/h1-10H,(H,22,23,24);/q;+1/p-1. The number of hydrogen-bond acceptors (Lipinski definition) is 3. The third kappa shape index (κ3) is 2.38. The number of fused-ring (bicyclic) bond motifs is 2. The predicted octanol–water partition coefficient (Wildman–Crippen LogP) is 2.30. The monoisotopic (exact) mass is 388 g/mol. The molecular weight excluding hydrogens is 379 g/mol. The number of rotatable bonds is 1. The van der Waals surface area contributed by atoms with Crippen LogP contribution in [0.4, 0.5) is 0 Å². The minimum absolute atomic E-state index is 0. The molecule has 0 saturated carbocycles. The molecule has 0 amide bonds. The Morgan fingerprint density at radius 3 is 1.88 bits per heavy atom. The zero-order chi connectivity index (χ0) is 17.3. The van der Waals surface area contributed by atoms with Gasteiger partial charge in [-0.1, -0.05) is 66.2 Å². The van der Waals surface area contributed by atoms with Crippen LogP contribution in [0.1, 0.15) is 0 Å². The first kappa shape index (κ1) is 18.0. The Kier molecular flexibility index (Phi) is 4.19. The van der Waals surface area contributed by atoms with E-state index in [0.717, 1.165) is 37.7 Å². The molecular formula is C20H10ClNaO3S. The van der Waals surface area contributed by atoms with E-state index < -0.39 is 10.1 Å². The van der Waals surface area contributed by atoms with E-state index in [-0.39, 0.29) is 39.5 Å². The topological polar surface area (TPSA) is 57.2 Å². The molecule has 3 nitrogen and oxygen atoms in total. The molecule has 0 spiro atoms. The van der Waals surface area contributed by atoms with Gasteiger partial charge in [-0.2, -0.15) is 0 Å². The Bertz CT molecular complexity index is 1420. The van der Waals surface area contributed by atoms with Gasteiger partial charge in [-0.15, -0.1) is 0 Å². The van der Waals surface area contributed by atoms with Crippen molar-refractivity contribution in [3.05, 3.63) is 65.7 Å². The number of benzene rings is 5. The van der Waals surface area contributed by atoms with Crippen LogP contribution in [0, 0.1) is 0 Å². The minimum atomic E-state index is -4.73. The molecule has 0 aliphatic carbocycles. The third-order valence-corrected chi connectivity index (χ3v) is 6.12. The van der Waals surface area contributed by atoms with Crippen LogP contribution in [0.15, 0.2) is 65.6 Å². The summed E-state index contributed by atoms with van der Waals surface area (Å²) < 4.78 is 36.0. The Labute approximate surface area is 176 Å². The number of hydrogen-bond donors (Lipinski definition) is 0. The zero-order valence-corrected chi connectivity index (χ0v) is 17.4. The van der Waals surface area contributed by atoms with Gasteiger partial charge >= 0.3 is 29.6 Å². The fraction of sp³-hybridized carbons (Fsp3) is 0. The molecule has 0 saturated heterocycles. The van der Waals surface area contributed by atoms with E-state index in [2.05, 4.69) is 0 Å². The molecule has 0 aliphatic rings. The van der Waals surface area contributed by atoms with Crippen LogP contribution in [-0.4, -0.2) is 13.0 Å².